The first kappa shape index (κ1) is 20.2. The first-order valence-electron chi connectivity index (χ1n) is 8.62. The third-order valence-electron chi connectivity index (χ3n) is 5.00. The van der Waals surface area contributed by atoms with Crippen molar-refractivity contribution in [2.75, 3.05) is 26.4 Å². The second-order valence-electron chi connectivity index (χ2n) is 6.71. The van der Waals surface area contributed by atoms with Gasteiger partial charge in [-0.15, -0.1) is 11.3 Å². The number of thiophene rings is 1. The van der Waals surface area contributed by atoms with E-state index < -0.39 is 16.1 Å². The fourth-order valence-corrected chi connectivity index (χ4v) is 5.09. The molecule has 27 heavy (non-hydrogen) atoms. The number of amides is 1. The first-order valence-corrected chi connectivity index (χ1v) is 11.8. The fourth-order valence-electron chi connectivity index (χ4n) is 3.34. The number of nitrogens with zero attached hydrogens (tertiary/aromatic N) is 4. The number of H-pyrrole nitrogens is 1. The molecular weight excluding hydrogens is 406 g/mol. The number of hydrogen-bond acceptors (Lipinski definition) is 6. The Labute approximate surface area is 167 Å². The Balaban J connectivity index is 1.73. The molecule has 0 aromatic carbocycles. The minimum absolute atomic E-state index is 0.0363. The molecule has 148 valence electrons. The fraction of sp³-hybridized carbons (Fsp3) is 0.562. The van der Waals surface area contributed by atoms with Gasteiger partial charge in [-0.3, -0.25) is 14.5 Å². The number of likely N-dealkylation sites (tertiary alicyclic amines) is 1. The largest absolute Gasteiger partial charge is 0.341 e. The van der Waals surface area contributed by atoms with E-state index in [2.05, 4.69) is 10.2 Å². The van der Waals surface area contributed by atoms with Crippen molar-refractivity contribution >= 4 is 39.5 Å². The third kappa shape index (κ3) is 4.15. The molecule has 0 radical (unpaired) electrons. The molecular formula is C16H23N5O3S3. The molecule has 0 bridgehead atoms. The highest BCUT2D eigenvalue weighted by molar-refractivity contribution is 7.88. The third-order valence-corrected chi connectivity index (χ3v) is 7.50. The van der Waals surface area contributed by atoms with Crippen LogP contribution in [-0.4, -0.2) is 70.7 Å². The second-order valence-corrected chi connectivity index (χ2v) is 10.1. The summed E-state index contributed by atoms with van der Waals surface area (Å²) in [5, 5.41) is 9.01. The minimum Gasteiger partial charge on any atom is -0.341 e. The Morgan fingerprint density at radius 1 is 1.44 bits per heavy atom. The van der Waals surface area contributed by atoms with Gasteiger partial charge in [-0.1, -0.05) is 6.07 Å². The Morgan fingerprint density at radius 3 is 2.67 bits per heavy atom. The molecule has 2 aromatic heterocycles. The molecule has 0 aliphatic carbocycles. The predicted octanol–water partition coefficient (Wildman–Crippen LogP) is 2.11. The van der Waals surface area contributed by atoms with E-state index in [4.69, 9.17) is 12.2 Å². The standard InChI is InChI=1S/C16H23N5O3S3/c1-11(21-14(17-18-16(21)25)13-5-4-10-26-13)15(22)20-8-6-12(7-9-20)19(2)27(3,23)24/h4-5,10-12H,6-9H2,1-3H3,(H,18,25). The Morgan fingerprint density at radius 2 is 2.11 bits per heavy atom. The molecule has 1 aliphatic rings. The zero-order valence-electron chi connectivity index (χ0n) is 15.5. The maximum absolute atomic E-state index is 13.0. The summed E-state index contributed by atoms with van der Waals surface area (Å²) < 4.78 is 27.0. The van der Waals surface area contributed by atoms with E-state index in [1.165, 1.54) is 21.9 Å². The van der Waals surface area contributed by atoms with E-state index in [-0.39, 0.29) is 11.9 Å². The van der Waals surface area contributed by atoms with Crippen LogP contribution >= 0.6 is 23.6 Å². The Bertz CT molecular complexity index is 956. The first-order chi connectivity index (χ1) is 12.7. The Hall–Kier alpha value is -1.56. The van der Waals surface area contributed by atoms with Crippen molar-refractivity contribution in [3.8, 4) is 10.7 Å². The van der Waals surface area contributed by atoms with Gasteiger partial charge < -0.3 is 4.90 Å². The smallest absolute Gasteiger partial charge is 0.245 e. The number of sulfonamides is 1. The highest BCUT2D eigenvalue weighted by atomic mass is 32.2. The van der Waals surface area contributed by atoms with Gasteiger partial charge in [-0.25, -0.2) is 12.7 Å². The van der Waals surface area contributed by atoms with Crippen LogP contribution in [0.3, 0.4) is 0 Å². The molecule has 0 spiro atoms. The van der Waals surface area contributed by atoms with Gasteiger partial charge >= 0.3 is 0 Å². The summed E-state index contributed by atoms with van der Waals surface area (Å²) in [6, 6.07) is 3.31. The number of carbonyl (C=O) groups is 1. The lowest BCUT2D eigenvalue weighted by molar-refractivity contribution is -0.135. The van der Waals surface area contributed by atoms with Gasteiger partial charge in [0.15, 0.2) is 10.6 Å². The quantitative estimate of drug-likeness (QED) is 0.735. The molecule has 3 heterocycles. The highest BCUT2D eigenvalue weighted by Gasteiger charge is 2.32. The number of aromatic nitrogens is 3. The molecule has 1 N–H and O–H groups in total. The van der Waals surface area contributed by atoms with Crippen molar-refractivity contribution in [3.63, 3.8) is 0 Å². The zero-order chi connectivity index (χ0) is 19.8. The molecule has 1 saturated heterocycles. The number of rotatable bonds is 5. The van der Waals surface area contributed by atoms with Crippen LogP contribution in [0.1, 0.15) is 25.8 Å². The molecule has 1 fully saturated rings. The van der Waals surface area contributed by atoms with Gasteiger partial charge in [-0.05, 0) is 43.4 Å². The molecule has 8 nitrogen and oxygen atoms in total. The molecule has 3 rings (SSSR count). The van der Waals surface area contributed by atoms with Crippen molar-refractivity contribution in [2.45, 2.75) is 31.8 Å². The molecule has 1 unspecified atom stereocenters. The van der Waals surface area contributed by atoms with Crippen LogP contribution in [0, 0.1) is 4.77 Å². The van der Waals surface area contributed by atoms with Crippen molar-refractivity contribution in [1.29, 1.82) is 0 Å². The summed E-state index contributed by atoms with van der Waals surface area (Å²) in [6.07, 6.45) is 2.45. The summed E-state index contributed by atoms with van der Waals surface area (Å²) in [4.78, 5) is 15.8. The lowest BCUT2D eigenvalue weighted by Gasteiger charge is -2.36. The highest BCUT2D eigenvalue weighted by Crippen LogP contribution is 2.27. The number of piperidine rings is 1. The van der Waals surface area contributed by atoms with Crippen molar-refractivity contribution in [2.24, 2.45) is 0 Å². The normalized spacial score (nSPS) is 17.4. The minimum atomic E-state index is -3.23. The zero-order valence-corrected chi connectivity index (χ0v) is 17.9. The number of carbonyl (C=O) groups excluding carboxylic acids is 1. The van der Waals surface area contributed by atoms with Crippen LogP contribution in [0.2, 0.25) is 0 Å². The maximum atomic E-state index is 13.0. The number of aromatic amines is 1. The van der Waals surface area contributed by atoms with E-state index in [1.54, 1.807) is 16.5 Å². The predicted molar refractivity (Wildman–Crippen MR) is 108 cm³/mol. The van der Waals surface area contributed by atoms with Crippen molar-refractivity contribution in [1.82, 2.24) is 24.0 Å². The summed E-state index contributed by atoms with van der Waals surface area (Å²) in [5.74, 6) is 0.619. The van der Waals surface area contributed by atoms with E-state index in [1.807, 2.05) is 24.4 Å². The average molecular weight is 430 g/mol. The molecule has 2 aromatic rings. The lowest BCUT2D eigenvalue weighted by Crippen LogP contribution is -2.48. The van der Waals surface area contributed by atoms with Gasteiger partial charge in [0, 0.05) is 26.2 Å². The van der Waals surface area contributed by atoms with Crippen molar-refractivity contribution < 1.29 is 13.2 Å². The van der Waals surface area contributed by atoms with Crippen LogP contribution in [0.5, 0.6) is 0 Å². The Kier molecular flexibility index (Phi) is 5.84. The summed E-state index contributed by atoms with van der Waals surface area (Å²) in [7, 11) is -1.63. The monoisotopic (exact) mass is 429 g/mol. The molecule has 1 aliphatic heterocycles. The van der Waals surface area contributed by atoms with Gasteiger partial charge in [-0.2, -0.15) is 5.10 Å². The SMILES string of the molecule is CC(C(=O)N1CCC(N(C)S(C)(=O)=O)CC1)n1c(-c2cccs2)n[nH]c1=S. The van der Waals surface area contributed by atoms with Crippen LogP contribution in [0.25, 0.3) is 10.7 Å². The van der Waals surface area contributed by atoms with Crippen LogP contribution in [-0.2, 0) is 14.8 Å². The van der Waals surface area contributed by atoms with Gasteiger partial charge in [0.05, 0.1) is 11.1 Å². The second kappa shape index (κ2) is 7.82. The van der Waals surface area contributed by atoms with Crippen LogP contribution < -0.4 is 0 Å². The number of nitrogens with one attached hydrogen (secondary N) is 1. The lowest BCUT2D eigenvalue weighted by atomic mass is 10.0. The molecule has 1 amide bonds. The van der Waals surface area contributed by atoms with Crippen molar-refractivity contribution in [3.05, 3.63) is 22.3 Å². The van der Waals surface area contributed by atoms with Crippen LogP contribution in [0.15, 0.2) is 17.5 Å². The van der Waals surface area contributed by atoms with E-state index in [0.29, 0.717) is 36.5 Å². The molecule has 11 heteroatoms. The van der Waals surface area contributed by atoms with Gasteiger partial charge in [0.25, 0.3) is 0 Å². The average Bonchev–Trinajstić information content (AvgIpc) is 3.28. The van der Waals surface area contributed by atoms with Crippen LogP contribution in [0.4, 0.5) is 0 Å². The van der Waals surface area contributed by atoms with E-state index >= 15 is 0 Å². The molecule has 1 atom stereocenters. The topological polar surface area (TPSA) is 91.3 Å². The summed E-state index contributed by atoms with van der Waals surface area (Å²) in [6.45, 7) is 2.86. The van der Waals surface area contributed by atoms with Gasteiger partial charge in [0.1, 0.15) is 6.04 Å². The van der Waals surface area contributed by atoms with E-state index in [0.717, 1.165) is 4.88 Å². The van der Waals surface area contributed by atoms with Gasteiger partial charge in [0.2, 0.25) is 15.9 Å². The number of hydrogen-bond donors (Lipinski definition) is 1. The molecule has 0 saturated carbocycles. The van der Waals surface area contributed by atoms with E-state index in [9.17, 15) is 13.2 Å². The maximum Gasteiger partial charge on any atom is 0.245 e. The summed E-state index contributed by atoms with van der Waals surface area (Å²) >= 11 is 6.88. The summed E-state index contributed by atoms with van der Waals surface area (Å²) in [5.41, 5.74) is 0.